The van der Waals surface area contributed by atoms with Crippen LogP contribution >= 0.6 is 0 Å². The van der Waals surface area contributed by atoms with Crippen molar-refractivity contribution >= 4 is 17.1 Å². The maximum atomic E-state index is 8.83. The first-order chi connectivity index (χ1) is 8.74. The summed E-state index contributed by atoms with van der Waals surface area (Å²) in [5.74, 6) is 0.588. The summed E-state index contributed by atoms with van der Waals surface area (Å²) in [5, 5.41) is 12.0. The van der Waals surface area contributed by atoms with Crippen LogP contribution in [-0.2, 0) is 0 Å². The van der Waals surface area contributed by atoms with E-state index in [0.29, 0.717) is 17.0 Å². The van der Waals surface area contributed by atoms with Crippen molar-refractivity contribution in [1.29, 1.82) is 5.26 Å². The average Bonchev–Trinajstić information content (AvgIpc) is 2.41. The third-order valence-corrected chi connectivity index (χ3v) is 2.45. The molecule has 1 heterocycles. The molecule has 18 heavy (non-hydrogen) atoms. The average molecular weight is 240 g/mol. The Bertz CT molecular complexity index is 604. The Labute approximate surface area is 105 Å². The number of aromatic nitrogens is 1. The molecule has 2 rings (SSSR count). The highest BCUT2D eigenvalue weighted by atomic mass is 16.5. The second kappa shape index (κ2) is 5.06. The molecule has 0 fully saturated rings. The van der Waals surface area contributed by atoms with Crippen molar-refractivity contribution < 1.29 is 4.74 Å². The lowest BCUT2D eigenvalue weighted by molar-refractivity contribution is 0.416. The molecule has 2 aromatic rings. The van der Waals surface area contributed by atoms with Crippen molar-refractivity contribution in [3.8, 4) is 11.8 Å². The number of nitrogens with two attached hydrogens (primary N) is 1. The number of nitrogens with zero attached hydrogens (tertiary/aromatic N) is 2. The van der Waals surface area contributed by atoms with Gasteiger partial charge in [0.1, 0.15) is 5.75 Å². The maximum absolute atomic E-state index is 8.83. The number of anilines is 3. The highest BCUT2D eigenvalue weighted by Crippen LogP contribution is 2.30. The van der Waals surface area contributed by atoms with E-state index >= 15 is 0 Å². The molecule has 90 valence electrons. The van der Waals surface area contributed by atoms with Gasteiger partial charge in [0.25, 0.3) is 0 Å². The molecular formula is C13H12N4O. The van der Waals surface area contributed by atoms with E-state index in [2.05, 4.69) is 16.4 Å². The predicted octanol–water partition coefficient (Wildman–Crippen LogP) is 2.29. The zero-order chi connectivity index (χ0) is 13.0. The van der Waals surface area contributed by atoms with Crippen molar-refractivity contribution in [3.63, 3.8) is 0 Å². The normalized spacial score (nSPS) is 9.56. The van der Waals surface area contributed by atoms with Crippen molar-refractivity contribution in [2.24, 2.45) is 0 Å². The van der Waals surface area contributed by atoms with Crippen LogP contribution in [0.3, 0.4) is 0 Å². The van der Waals surface area contributed by atoms with Gasteiger partial charge in [-0.2, -0.15) is 5.26 Å². The third kappa shape index (κ3) is 2.33. The highest BCUT2D eigenvalue weighted by Gasteiger charge is 2.06. The first kappa shape index (κ1) is 11.7. The molecule has 0 unspecified atom stereocenters. The van der Waals surface area contributed by atoms with Crippen molar-refractivity contribution in [2.45, 2.75) is 0 Å². The van der Waals surface area contributed by atoms with E-state index in [1.807, 2.05) is 0 Å². The molecule has 0 atom stereocenters. The molecule has 0 aliphatic heterocycles. The summed E-state index contributed by atoms with van der Waals surface area (Å²) in [6, 6.07) is 8.98. The Morgan fingerprint density at radius 2 is 2.17 bits per heavy atom. The highest BCUT2D eigenvalue weighted by molar-refractivity contribution is 5.74. The standard InChI is InChI=1S/C13H12N4O/c1-18-13-6-9(7-14)2-3-12(13)17-11-4-5-16-8-10(11)15/h2-6,8H,15H2,1H3,(H,16,17). The molecule has 0 radical (unpaired) electrons. The van der Waals surface area contributed by atoms with Crippen LogP contribution in [0.2, 0.25) is 0 Å². The first-order valence-corrected chi connectivity index (χ1v) is 5.29. The summed E-state index contributed by atoms with van der Waals surface area (Å²) in [4.78, 5) is 3.92. The van der Waals surface area contributed by atoms with Gasteiger partial charge in [0, 0.05) is 12.3 Å². The second-order valence-electron chi connectivity index (χ2n) is 3.61. The molecule has 5 nitrogen and oxygen atoms in total. The van der Waals surface area contributed by atoms with Crippen LogP contribution in [0.5, 0.6) is 5.75 Å². The van der Waals surface area contributed by atoms with Gasteiger partial charge in [0.2, 0.25) is 0 Å². The number of benzene rings is 1. The second-order valence-corrected chi connectivity index (χ2v) is 3.61. The summed E-state index contributed by atoms with van der Waals surface area (Å²) in [6.07, 6.45) is 3.22. The molecule has 1 aromatic heterocycles. The fourth-order valence-corrected chi connectivity index (χ4v) is 1.53. The molecule has 0 aliphatic carbocycles. The summed E-state index contributed by atoms with van der Waals surface area (Å²) in [5.41, 5.74) is 8.37. The summed E-state index contributed by atoms with van der Waals surface area (Å²) in [6.45, 7) is 0. The monoisotopic (exact) mass is 240 g/mol. The van der Waals surface area contributed by atoms with Crippen LogP contribution < -0.4 is 15.8 Å². The minimum absolute atomic E-state index is 0.542. The summed E-state index contributed by atoms with van der Waals surface area (Å²) in [7, 11) is 1.55. The van der Waals surface area contributed by atoms with Gasteiger partial charge in [-0.3, -0.25) is 4.98 Å². The van der Waals surface area contributed by atoms with Crippen LogP contribution in [0.25, 0.3) is 0 Å². The molecule has 0 amide bonds. The van der Waals surface area contributed by atoms with Crippen LogP contribution in [-0.4, -0.2) is 12.1 Å². The Balaban J connectivity index is 2.35. The topological polar surface area (TPSA) is 84.0 Å². The largest absolute Gasteiger partial charge is 0.495 e. The number of pyridine rings is 1. The lowest BCUT2D eigenvalue weighted by Gasteiger charge is -2.12. The van der Waals surface area contributed by atoms with Gasteiger partial charge >= 0.3 is 0 Å². The van der Waals surface area contributed by atoms with E-state index in [1.165, 1.54) is 0 Å². The molecule has 0 spiro atoms. The van der Waals surface area contributed by atoms with Crippen LogP contribution in [0.15, 0.2) is 36.7 Å². The van der Waals surface area contributed by atoms with Gasteiger partial charge in [-0.15, -0.1) is 0 Å². The number of ether oxygens (including phenoxy) is 1. The van der Waals surface area contributed by atoms with Gasteiger partial charge in [-0.05, 0) is 18.2 Å². The number of rotatable bonds is 3. The minimum atomic E-state index is 0.542. The number of hydrogen-bond acceptors (Lipinski definition) is 5. The van der Waals surface area contributed by atoms with Gasteiger partial charge in [-0.1, -0.05) is 0 Å². The SMILES string of the molecule is COc1cc(C#N)ccc1Nc1ccncc1N. The minimum Gasteiger partial charge on any atom is -0.495 e. The molecule has 0 bridgehead atoms. The summed E-state index contributed by atoms with van der Waals surface area (Å²) >= 11 is 0. The maximum Gasteiger partial charge on any atom is 0.143 e. The number of nitrogen functional groups attached to an aromatic ring is 1. The Kier molecular flexibility index (Phi) is 3.30. The lowest BCUT2D eigenvalue weighted by Crippen LogP contribution is -1.99. The van der Waals surface area contributed by atoms with Gasteiger partial charge in [-0.25, -0.2) is 0 Å². The molecule has 0 aliphatic rings. The Morgan fingerprint density at radius 1 is 1.33 bits per heavy atom. The Hall–Kier alpha value is -2.74. The molecular weight excluding hydrogens is 228 g/mol. The smallest absolute Gasteiger partial charge is 0.143 e. The number of methoxy groups -OCH3 is 1. The fourth-order valence-electron chi connectivity index (χ4n) is 1.53. The number of hydrogen-bond donors (Lipinski definition) is 2. The lowest BCUT2D eigenvalue weighted by atomic mass is 10.2. The molecule has 1 aromatic carbocycles. The fraction of sp³-hybridized carbons (Fsp3) is 0.0769. The number of nitrogens with one attached hydrogen (secondary N) is 1. The summed E-state index contributed by atoms with van der Waals surface area (Å²) < 4.78 is 5.23. The van der Waals surface area contributed by atoms with E-state index in [4.69, 9.17) is 15.7 Å². The quantitative estimate of drug-likeness (QED) is 0.859. The molecule has 0 saturated heterocycles. The number of nitriles is 1. The molecule has 3 N–H and O–H groups in total. The zero-order valence-corrected chi connectivity index (χ0v) is 9.84. The predicted molar refractivity (Wildman–Crippen MR) is 69.6 cm³/mol. The van der Waals surface area contributed by atoms with Crippen LogP contribution in [0, 0.1) is 11.3 Å². The van der Waals surface area contributed by atoms with E-state index in [1.54, 1.807) is 43.8 Å². The first-order valence-electron chi connectivity index (χ1n) is 5.29. The van der Waals surface area contributed by atoms with Crippen molar-refractivity contribution in [2.75, 3.05) is 18.2 Å². The van der Waals surface area contributed by atoms with E-state index in [9.17, 15) is 0 Å². The van der Waals surface area contributed by atoms with E-state index < -0.39 is 0 Å². The van der Waals surface area contributed by atoms with E-state index in [0.717, 1.165) is 11.4 Å². The van der Waals surface area contributed by atoms with Crippen molar-refractivity contribution in [3.05, 3.63) is 42.2 Å². The van der Waals surface area contributed by atoms with Crippen molar-refractivity contribution in [1.82, 2.24) is 4.98 Å². The van der Waals surface area contributed by atoms with Gasteiger partial charge in [0.15, 0.2) is 0 Å². The van der Waals surface area contributed by atoms with Gasteiger partial charge < -0.3 is 15.8 Å². The van der Waals surface area contributed by atoms with Crippen LogP contribution in [0.4, 0.5) is 17.1 Å². The molecule has 5 heteroatoms. The Morgan fingerprint density at radius 3 is 2.83 bits per heavy atom. The third-order valence-electron chi connectivity index (χ3n) is 2.45. The van der Waals surface area contributed by atoms with Crippen LogP contribution in [0.1, 0.15) is 5.56 Å². The zero-order valence-electron chi connectivity index (χ0n) is 9.84. The van der Waals surface area contributed by atoms with E-state index in [-0.39, 0.29) is 0 Å². The van der Waals surface area contributed by atoms with Gasteiger partial charge in [0.05, 0.1) is 42.0 Å². The molecule has 0 saturated carbocycles.